The first-order chi connectivity index (χ1) is 13.6. The number of para-hydroxylation sites is 1. The van der Waals surface area contributed by atoms with E-state index in [0.717, 1.165) is 11.1 Å². The van der Waals surface area contributed by atoms with Gasteiger partial charge in [-0.25, -0.2) is 4.79 Å². The molecule has 0 radical (unpaired) electrons. The van der Waals surface area contributed by atoms with E-state index in [9.17, 15) is 14.7 Å². The molecule has 0 spiro atoms. The Morgan fingerprint density at radius 3 is 2.54 bits per heavy atom. The third-order valence-corrected chi connectivity index (χ3v) is 7.03. The van der Waals surface area contributed by atoms with Gasteiger partial charge in [0.2, 0.25) is 0 Å². The van der Waals surface area contributed by atoms with E-state index < -0.39 is 5.97 Å². The van der Waals surface area contributed by atoms with Gasteiger partial charge in [-0.05, 0) is 66.2 Å². The molecule has 3 aliphatic rings. The van der Waals surface area contributed by atoms with Crippen LogP contribution in [0, 0.1) is 17.8 Å². The smallest absolute Gasteiger partial charge is 0.337 e. The minimum Gasteiger partial charge on any atom is -0.545 e. The van der Waals surface area contributed by atoms with Crippen LogP contribution < -0.4 is 10.4 Å². The molecule has 0 unspecified atom stereocenters. The Morgan fingerprint density at radius 2 is 1.82 bits per heavy atom. The van der Waals surface area contributed by atoms with E-state index in [1.54, 1.807) is 18.2 Å². The third kappa shape index (κ3) is 2.45. The van der Waals surface area contributed by atoms with Crippen molar-refractivity contribution < 1.29 is 19.4 Å². The maximum atomic E-state index is 11.8. The fourth-order valence-electron chi connectivity index (χ4n) is 5.96. The zero-order valence-corrected chi connectivity index (χ0v) is 15.7. The number of benzene rings is 2. The number of anilines is 1. The second-order valence-electron chi connectivity index (χ2n) is 8.23. The number of carboxylic acid groups (broad SMARTS) is 1. The average molecular weight is 376 g/mol. The first-order valence-electron chi connectivity index (χ1n) is 9.87. The van der Waals surface area contributed by atoms with E-state index in [-0.39, 0.29) is 17.6 Å². The lowest BCUT2D eigenvalue weighted by Crippen LogP contribution is -2.37. The van der Waals surface area contributed by atoms with Crippen LogP contribution in [-0.4, -0.2) is 19.0 Å². The summed E-state index contributed by atoms with van der Waals surface area (Å²) < 4.78 is 4.79. The molecule has 5 atom stereocenters. The summed E-state index contributed by atoms with van der Waals surface area (Å²) >= 11 is 0. The highest BCUT2D eigenvalue weighted by Gasteiger charge is 2.54. The first kappa shape index (κ1) is 17.3. The van der Waals surface area contributed by atoms with Crippen LogP contribution in [0.3, 0.4) is 0 Å². The quantitative estimate of drug-likeness (QED) is 0.833. The second kappa shape index (κ2) is 6.36. The van der Waals surface area contributed by atoms with Crippen LogP contribution in [0.1, 0.15) is 63.1 Å². The van der Waals surface area contributed by atoms with Crippen molar-refractivity contribution in [1.82, 2.24) is 0 Å². The third-order valence-electron chi connectivity index (χ3n) is 7.03. The van der Waals surface area contributed by atoms with Crippen molar-refractivity contribution >= 4 is 17.6 Å². The summed E-state index contributed by atoms with van der Waals surface area (Å²) in [4.78, 5) is 23.5. The highest BCUT2D eigenvalue weighted by Crippen LogP contribution is 2.63. The number of aromatic carboxylic acids is 1. The number of esters is 1. The topological polar surface area (TPSA) is 78.5 Å². The molecule has 2 bridgehead atoms. The molecule has 2 fully saturated rings. The molecule has 5 rings (SSSR count). The molecule has 2 aromatic rings. The van der Waals surface area contributed by atoms with E-state index in [1.165, 1.54) is 26.4 Å². The number of methoxy groups -OCH3 is 1. The number of rotatable bonds is 3. The summed E-state index contributed by atoms with van der Waals surface area (Å²) in [6.07, 6.45) is 3.66. The number of carbonyl (C=O) groups is 2. The summed E-state index contributed by atoms with van der Waals surface area (Å²) in [5.74, 6) is 0.570. The molecule has 5 nitrogen and oxygen atoms in total. The zero-order chi connectivity index (χ0) is 19.4. The summed E-state index contributed by atoms with van der Waals surface area (Å²) in [6.45, 7) is 0. The maximum Gasteiger partial charge on any atom is 0.337 e. The number of hydrogen-bond donors (Lipinski definition) is 1. The molecule has 1 heterocycles. The van der Waals surface area contributed by atoms with Crippen molar-refractivity contribution in [2.45, 2.75) is 31.2 Å². The molecule has 2 aromatic carbocycles. The van der Waals surface area contributed by atoms with Gasteiger partial charge >= 0.3 is 5.97 Å². The van der Waals surface area contributed by atoms with Crippen LogP contribution in [-0.2, 0) is 4.74 Å². The minimum absolute atomic E-state index is 0.0278. The van der Waals surface area contributed by atoms with Crippen LogP contribution in [0.2, 0.25) is 0 Å². The Labute approximate surface area is 163 Å². The van der Waals surface area contributed by atoms with Crippen molar-refractivity contribution in [1.29, 1.82) is 0 Å². The number of hydrogen-bond acceptors (Lipinski definition) is 5. The van der Waals surface area contributed by atoms with Gasteiger partial charge in [0.05, 0.1) is 24.7 Å². The zero-order valence-electron chi connectivity index (χ0n) is 15.7. The number of fused-ring (bicyclic) bond motifs is 7. The highest BCUT2D eigenvalue weighted by molar-refractivity contribution is 5.94. The molecule has 28 heavy (non-hydrogen) atoms. The molecular weight excluding hydrogens is 354 g/mol. The Kier molecular flexibility index (Phi) is 3.93. The van der Waals surface area contributed by atoms with Gasteiger partial charge < -0.3 is 20.0 Å². The molecule has 2 saturated carbocycles. The van der Waals surface area contributed by atoms with E-state index in [0.29, 0.717) is 34.9 Å². The Morgan fingerprint density at radius 1 is 1.07 bits per heavy atom. The molecule has 2 aliphatic carbocycles. The lowest BCUT2D eigenvalue weighted by molar-refractivity contribution is -0.254. The van der Waals surface area contributed by atoms with Gasteiger partial charge in [-0.15, -0.1) is 0 Å². The SMILES string of the molecule is COC(=O)c1ccc([C@@H]2Nc3c(C(=O)[O-])cccc3[C@@H]3[C@H]4CC[C@@H](C4)[C@@H]32)cc1. The van der Waals surface area contributed by atoms with Crippen LogP contribution in [0.4, 0.5) is 5.69 Å². The molecule has 0 saturated heterocycles. The highest BCUT2D eigenvalue weighted by atomic mass is 16.5. The maximum absolute atomic E-state index is 11.8. The van der Waals surface area contributed by atoms with Gasteiger partial charge in [0.25, 0.3) is 0 Å². The normalized spacial score (nSPS) is 29.5. The van der Waals surface area contributed by atoms with E-state index in [4.69, 9.17) is 4.74 Å². The lowest BCUT2D eigenvalue weighted by Gasteiger charge is -2.44. The van der Waals surface area contributed by atoms with Crippen LogP contribution in [0.25, 0.3) is 0 Å². The predicted molar refractivity (Wildman–Crippen MR) is 102 cm³/mol. The Bertz CT molecular complexity index is 952. The standard InChI is InChI=1S/C23H23NO4/c1-28-23(27)13-7-5-12(6-8-13)20-19-15-10-9-14(11-15)18(19)16-3-2-4-17(22(25)26)21(16)24-20/h2-8,14-15,18-20,24H,9-11H2,1H3,(H,25,26)/p-1/t14-,15-,18-,19-,20-/m0/s1. The number of carboxylic acids is 1. The fourth-order valence-corrected chi connectivity index (χ4v) is 5.96. The van der Waals surface area contributed by atoms with E-state index in [1.807, 2.05) is 18.2 Å². The van der Waals surface area contributed by atoms with Gasteiger partial charge in [-0.3, -0.25) is 0 Å². The molecule has 0 amide bonds. The van der Waals surface area contributed by atoms with Crippen molar-refractivity contribution in [2.24, 2.45) is 17.8 Å². The number of ether oxygens (including phenoxy) is 1. The van der Waals surface area contributed by atoms with Crippen LogP contribution >= 0.6 is 0 Å². The van der Waals surface area contributed by atoms with Crippen LogP contribution in [0.15, 0.2) is 42.5 Å². The summed E-state index contributed by atoms with van der Waals surface area (Å²) in [7, 11) is 1.37. The van der Waals surface area contributed by atoms with Gasteiger partial charge in [0.15, 0.2) is 0 Å². The van der Waals surface area contributed by atoms with Gasteiger partial charge in [-0.1, -0.05) is 30.3 Å². The molecular formula is C23H22NO4-. The van der Waals surface area contributed by atoms with Crippen molar-refractivity contribution in [3.05, 3.63) is 64.7 Å². The Balaban J connectivity index is 1.59. The number of carbonyl (C=O) groups excluding carboxylic acids is 2. The fraction of sp³-hybridized carbons (Fsp3) is 0.391. The Hall–Kier alpha value is -2.82. The minimum atomic E-state index is -1.15. The van der Waals surface area contributed by atoms with E-state index in [2.05, 4.69) is 11.4 Å². The van der Waals surface area contributed by atoms with Gasteiger partial charge in [0.1, 0.15) is 0 Å². The number of nitrogens with one attached hydrogen (secondary N) is 1. The largest absolute Gasteiger partial charge is 0.545 e. The molecule has 1 aliphatic heterocycles. The van der Waals surface area contributed by atoms with Crippen LogP contribution in [0.5, 0.6) is 0 Å². The molecule has 0 aromatic heterocycles. The molecule has 144 valence electrons. The van der Waals surface area contributed by atoms with Crippen molar-refractivity contribution in [3.63, 3.8) is 0 Å². The second-order valence-corrected chi connectivity index (χ2v) is 8.23. The van der Waals surface area contributed by atoms with Gasteiger partial charge in [0, 0.05) is 11.3 Å². The van der Waals surface area contributed by atoms with Gasteiger partial charge in [-0.2, -0.15) is 0 Å². The van der Waals surface area contributed by atoms with E-state index >= 15 is 0 Å². The molecule has 5 heteroatoms. The lowest BCUT2D eigenvalue weighted by atomic mass is 9.67. The monoisotopic (exact) mass is 376 g/mol. The summed E-state index contributed by atoms with van der Waals surface area (Å²) in [5, 5.41) is 15.3. The average Bonchev–Trinajstić information content (AvgIpc) is 3.35. The summed E-state index contributed by atoms with van der Waals surface area (Å²) in [6, 6.07) is 13.0. The first-order valence-corrected chi connectivity index (χ1v) is 9.87. The van der Waals surface area contributed by atoms with Crippen molar-refractivity contribution in [3.8, 4) is 0 Å². The predicted octanol–water partition coefficient (Wildman–Crippen LogP) is 3.13. The summed E-state index contributed by atoms with van der Waals surface area (Å²) in [5.41, 5.74) is 3.66. The molecule has 1 N–H and O–H groups in total. The van der Waals surface area contributed by atoms with Crippen molar-refractivity contribution in [2.75, 3.05) is 12.4 Å².